The van der Waals surface area contributed by atoms with Gasteiger partial charge in [0.25, 0.3) is 0 Å². The number of methoxy groups -OCH3 is 2. The van der Waals surface area contributed by atoms with Crippen LogP contribution in [0.4, 0.5) is 8.78 Å². The summed E-state index contributed by atoms with van der Waals surface area (Å²) < 4.78 is 37.9. The number of halogens is 2. The van der Waals surface area contributed by atoms with Crippen LogP contribution < -0.4 is 5.32 Å². The van der Waals surface area contributed by atoms with Crippen LogP contribution in [-0.2, 0) is 14.3 Å². The first-order chi connectivity index (χ1) is 14.9. The van der Waals surface area contributed by atoms with Gasteiger partial charge >= 0.3 is 0 Å². The molecule has 0 radical (unpaired) electrons. The maximum atomic E-state index is 14.1. The van der Waals surface area contributed by atoms with E-state index in [1.807, 2.05) is 11.8 Å². The lowest BCUT2D eigenvalue weighted by Crippen LogP contribution is -2.38. The highest BCUT2D eigenvalue weighted by atomic mass is 19.1. The molecule has 1 unspecified atom stereocenters. The minimum absolute atomic E-state index is 0.202. The second-order valence-corrected chi connectivity index (χ2v) is 7.21. The summed E-state index contributed by atoms with van der Waals surface area (Å²) in [6.07, 6.45) is 11.4. The Bertz CT molecular complexity index is 767. The molecule has 5 nitrogen and oxygen atoms in total. The summed E-state index contributed by atoms with van der Waals surface area (Å²) in [7, 11) is 2.84. The van der Waals surface area contributed by atoms with E-state index >= 15 is 0 Å². The van der Waals surface area contributed by atoms with Gasteiger partial charge in [-0.25, -0.2) is 8.78 Å². The molecule has 31 heavy (non-hydrogen) atoms. The number of allylic oxidation sites excluding steroid dienone is 6. The average molecular weight is 437 g/mol. The molecule has 1 saturated heterocycles. The smallest absolute Gasteiger partial charge is 0.228 e. The minimum atomic E-state index is -0.606. The quantitative estimate of drug-likeness (QED) is 0.383. The van der Waals surface area contributed by atoms with E-state index < -0.39 is 11.7 Å². The maximum Gasteiger partial charge on any atom is 0.228 e. The monoisotopic (exact) mass is 436 g/mol. The second kappa shape index (κ2) is 14.4. The number of ether oxygens (including phenoxy) is 2. The Morgan fingerprint density at radius 1 is 1.19 bits per heavy atom. The zero-order valence-corrected chi connectivity index (χ0v) is 18.9. The van der Waals surface area contributed by atoms with Crippen molar-refractivity contribution in [3.05, 3.63) is 71.9 Å². The fourth-order valence-electron chi connectivity index (χ4n) is 3.39. The zero-order valence-electron chi connectivity index (χ0n) is 18.9. The highest BCUT2D eigenvalue weighted by molar-refractivity contribution is 5.81. The molecule has 1 aliphatic heterocycles. The van der Waals surface area contributed by atoms with Crippen molar-refractivity contribution in [1.29, 1.82) is 0 Å². The van der Waals surface area contributed by atoms with Gasteiger partial charge in [0, 0.05) is 30.4 Å². The van der Waals surface area contributed by atoms with Gasteiger partial charge in [0.15, 0.2) is 5.83 Å². The number of hydrogen-bond donors (Lipinski definition) is 1. The molecule has 0 aromatic carbocycles. The molecule has 0 spiro atoms. The molecule has 1 fully saturated rings. The third-order valence-electron chi connectivity index (χ3n) is 4.81. The number of rotatable bonds is 10. The van der Waals surface area contributed by atoms with Crippen LogP contribution in [0.25, 0.3) is 0 Å². The van der Waals surface area contributed by atoms with Crippen molar-refractivity contribution in [2.24, 2.45) is 5.92 Å². The molecule has 1 N–H and O–H groups in total. The largest absolute Gasteiger partial charge is 0.501 e. The van der Waals surface area contributed by atoms with Crippen molar-refractivity contribution in [1.82, 2.24) is 10.2 Å². The Labute approximate surface area is 184 Å². The summed E-state index contributed by atoms with van der Waals surface area (Å²) in [5.41, 5.74) is 0.699. The van der Waals surface area contributed by atoms with Crippen LogP contribution in [0, 0.1) is 5.92 Å². The zero-order chi connectivity index (χ0) is 23.2. The molecule has 0 aromatic rings. The van der Waals surface area contributed by atoms with Crippen molar-refractivity contribution >= 4 is 5.91 Å². The molecule has 7 heteroatoms. The molecule has 1 heterocycles. The van der Waals surface area contributed by atoms with E-state index in [4.69, 9.17) is 4.74 Å². The summed E-state index contributed by atoms with van der Waals surface area (Å²) >= 11 is 0. The predicted octanol–water partition coefficient (Wildman–Crippen LogP) is 5.08. The lowest BCUT2D eigenvalue weighted by molar-refractivity contribution is -0.124. The van der Waals surface area contributed by atoms with E-state index in [0.29, 0.717) is 30.0 Å². The maximum absolute atomic E-state index is 14.1. The van der Waals surface area contributed by atoms with E-state index in [0.717, 1.165) is 25.6 Å². The SMILES string of the molecule is C=C(F)/C(CN1CCCCC(C(=O)NC(/C=C\C)=C/C(F)=C/OC)C1)=C(\C=C/C)OC. The number of carbonyl (C=O) groups excluding carboxylic acids is 1. The molecular formula is C24H34F2N2O3. The van der Waals surface area contributed by atoms with Gasteiger partial charge < -0.3 is 14.8 Å². The van der Waals surface area contributed by atoms with Crippen molar-refractivity contribution in [3.63, 3.8) is 0 Å². The molecule has 1 aliphatic rings. The Balaban J connectivity index is 3.00. The van der Waals surface area contributed by atoms with Crippen LogP contribution in [0.15, 0.2) is 71.9 Å². The van der Waals surface area contributed by atoms with Gasteiger partial charge in [-0.05, 0) is 45.4 Å². The second-order valence-electron chi connectivity index (χ2n) is 7.21. The molecule has 0 bridgehead atoms. The Morgan fingerprint density at radius 3 is 2.48 bits per heavy atom. The van der Waals surface area contributed by atoms with Gasteiger partial charge in [0.05, 0.1) is 20.1 Å². The lowest BCUT2D eigenvalue weighted by atomic mass is 10.0. The topological polar surface area (TPSA) is 50.8 Å². The van der Waals surface area contributed by atoms with Gasteiger partial charge in [-0.1, -0.05) is 25.2 Å². The number of nitrogens with zero attached hydrogens (tertiary/aromatic N) is 1. The summed E-state index contributed by atoms with van der Waals surface area (Å²) in [6.45, 7) is 8.52. The van der Waals surface area contributed by atoms with Gasteiger partial charge in [0.1, 0.15) is 17.8 Å². The van der Waals surface area contributed by atoms with Gasteiger partial charge in [-0.3, -0.25) is 9.69 Å². The van der Waals surface area contributed by atoms with Crippen LogP contribution in [0.1, 0.15) is 33.1 Å². The van der Waals surface area contributed by atoms with Gasteiger partial charge in [-0.15, -0.1) is 0 Å². The van der Waals surface area contributed by atoms with Crippen LogP contribution in [0.2, 0.25) is 0 Å². The highest BCUT2D eigenvalue weighted by Gasteiger charge is 2.26. The van der Waals surface area contributed by atoms with Crippen LogP contribution in [0.3, 0.4) is 0 Å². The third kappa shape index (κ3) is 9.34. The summed E-state index contributed by atoms with van der Waals surface area (Å²) in [5, 5.41) is 2.79. The number of likely N-dealkylation sites (tertiary alicyclic amines) is 1. The first-order valence-corrected chi connectivity index (χ1v) is 10.4. The summed E-state index contributed by atoms with van der Waals surface area (Å²) in [5.74, 6) is -1.26. The Kier molecular flexibility index (Phi) is 12.2. The Morgan fingerprint density at radius 2 is 1.90 bits per heavy atom. The third-order valence-corrected chi connectivity index (χ3v) is 4.81. The molecule has 1 rings (SSSR count). The average Bonchev–Trinajstić information content (AvgIpc) is 2.96. The predicted molar refractivity (Wildman–Crippen MR) is 120 cm³/mol. The Hall–Kier alpha value is -2.67. The molecule has 1 atom stereocenters. The fraction of sp³-hybridized carbons (Fsp3) is 0.458. The van der Waals surface area contributed by atoms with Gasteiger partial charge in [-0.2, -0.15) is 0 Å². The molecular weight excluding hydrogens is 402 g/mol. The van der Waals surface area contributed by atoms with E-state index in [2.05, 4.69) is 16.6 Å². The fourth-order valence-corrected chi connectivity index (χ4v) is 3.39. The van der Waals surface area contributed by atoms with E-state index in [1.54, 1.807) is 31.2 Å². The molecule has 172 valence electrons. The first-order valence-electron chi connectivity index (χ1n) is 10.4. The van der Waals surface area contributed by atoms with Crippen LogP contribution in [0.5, 0.6) is 0 Å². The van der Waals surface area contributed by atoms with Crippen LogP contribution in [-0.4, -0.2) is 44.7 Å². The molecule has 1 amide bonds. The molecule has 0 aromatic heterocycles. The normalized spacial score (nSPS) is 19.9. The van der Waals surface area contributed by atoms with Gasteiger partial charge in [0.2, 0.25) is 5.91 Å². The standard InChI is InChI=1S/C24H34F2N2O3/c1-6-10-21(14-20(26)17-30-4)27-24(29)19-12-8-9-13-28(15-19)16-22(18(3)25)23(31-5)11-7-2/h6-7,10-11,14,17,19H,3,8-9,12-13,15-16H2,1-2,4-5H3,(H,27,29)/b10-6-,11-7-,20-17-,21-14+,23-22+. The summed E-state index contributed by atoms with van der Waals surface area (Å²) in [4.78, 5) is 14.9. The van der Waals surface area contributed by atoms with Crippen molar-refractivity contribution in [2.75, 3.05) is 33.9 Å². The molecule has 0 aliphatic carbocycles. The summed E-state index contributed by atoms with van der Waals surface area (Å²) in [6, 6.07) is 0. The lowest BCUT2D eigenvalue weighted by Gasteiger charge is -2.25. The van der Waals surface area contributed by atoms with Crippen molar-refractivity contribution in [3.8, 4) is 0 Å². The first kappa shape index (κ1) is 26.4. The van der Waals surface area contributed by atoms with E-state index in [9.17, 15) is 13.6 Å². The number of carbonyl (C=O) groups is 1. The van der Waals surface area contributed by atoms with Crippen LogP contribution >= 0.6 is 0 Å². The highest BCUT2D eigenvalue weighted by Crippen LogP contribution is 2.23. The van der Waals surface area contributed by atoms with Crippen molar-refractivity contribution in [2.45, 2.75) is 33.1 Å². The molecule has 0 saturated carbocycles. The van der Waals surface area contributed by atoms with E-state index in [-0.39, 0.29) is 18.4 Å². The number of amides is 1. The number of hydrogen-bond acceptors (Lipinski definition) is 4. The minimum Gasteiger partial charge on any atom is -0.501 e. The van der Waals surface area contributed by atoms with E-state index in [1.165, 1.54) is 20.3 Å². The van der Waals surface area contributed by atoms with Crippen molar-refractivity contribution < 1.29 is 23.0 Å². The number of nitrogens with one attached hydrogen (secondary N) is 1.